The third-order valence-electron chi connectivity index (χ3n) is 3.29. The van der Waals surface area contributed by atoms with E-state index in [-0.39, 0.29) is 11.8 Å². The minimum Gasteiger partial charge on any atom is -0.322 e. The van der Waals surface area contributed by atoms with Crippen molar-refractivity contribution < 1.29 is 4.79 Å². The smallest absolute Gasteiger partial charge is 0.229 e. The molecule has 94 valence electrons. The molecule has 0 saturated heterocycles. The van der Waals surface area contributed by atoms with Crippen molar-refractivity contribution in [3.63, 3.8) is 0 Å². The number of hydrogen-bond acceptors (Lipinski definition) is 3. The number of aromatic amines is 1. The van der Waals surface area contributed by atoms with Gasteiger partial charge >= 0.3 is 0 Å². The number of nitrogens with zero attached hydrogens (tertiary/aromatic N) is 2. The van der Waals surface area contributed by atoms with Gasteiger partial charge in [-0.1, -0.05) is 6.92 Å². The third kappa shape index (κ3) is 2.25. The highest BCUT2D eigenvalue weighted by molar-refractivity contribution is 9.10. The lowest BCUT2D eigenvalue weighted by atomic mass is 10.1. The van der Waals surface area contributed by atoms with Gasteiger partial charge in [-0.25, -0.2) is 4.98 Å². The molecule has 2 heterocycles. The molecule has 0 aliphatic heterocycles. The van der Waals surface area contributed by atoms with Crippen molar-refractivity contribution in [2.45, 2.75) is 19.8 Å². The lowest BCUT2D eigenvalue weighted by Crippen LogP contribution is -2.22. The minimum atomic E-state index is 0.0237. The molecular formula is C12H13BrN4O. The molecule has 5 nitrogen and oxygen atoms in total. The first-order chi connectivity index (χ1) is 8.63. The molecule has 2 N–H and O–H groups in total. The Balaban J connectivity index is 1.79. The number of imidazole rings is 1. The van der Waals surface area contributed by atoms with Gasteiger partial charge in [-0.05, 0) is 40.8 Å². The predicted octanol–water partition coefficient (Wildman–Crippen LogP) is 2.71. The van der Waals surface area contributed by atoms with Crippen LogP contribution in [0.1, 0.15) is 19.8 Å². The molecule has 2 aromatic rings. The van der Waals surface area contributed by atoms with Crippen LogP contribution in [0.3, 0.4) is 0 Å². The molecule has 3 rings (SSSR count). The number of carbonyl (C=O) groups excluding carboxylic acids is 1. The molecule has 1 atom stereocenters. The Bertz CT molecular complexity index is 605. The molecule has 18 heavy (non-hydrogen) atoms. The second-order valence-corrected chi connectivity index (χ2v) is 5.64. The SMILES string of the molecule is CC(C(=O)Nc1nc2ncc(Br)cc2[nH]1)C1CC1. The van der Waals surface area contributed by atoms with Gasteiger partial charge < -0.3 is 4.98 Å². The average molecular weight is 309 g/mol. The normalized spacial score (nSPS) is 16.8. The van der Waals surface area contributed by atoms with Crippen molar-refractivity contribution in [1.29, 1.82) is 0 Å². The van der Waals surface area contributed by atoms with Crippen LogP contribution in [0, 0.1) is 11.8 Å². The number of aromatic nitrogens is 3. The zero-order valence-corrected chi connectivity index (χ0v) is 11.5. The van der Waals surface area contributed by atoms with E-state index in [0.717, 1.165) is 22.8 Å². The van der Waals surface area contributed by atoms with E-state index in [2.05, 4.69) is 36.2 Å². The highest BCUT2D eigenvalue weighted by Gasteiger charge is 2.32. The summed E-state index contributed by atoms with van der Waals surface area (Å²) in [5.74, 6) is 1.09. The Kier molecular flexibility index (Phi) is 2.81. The monoisotopic (exact) mass is 308 g/mol. The maximum atomic E-state index is 11.9. The number of carbonyl (C=O) groups is 1. The number of anilines is 1. The highest BCUT2D eigenvalue weighted by atomic mass is 79.9. The van der Waals surface area contributed by atoms with Crippen LogP contribution in [0.4, 0.5) is 5.95 Å². The van der Waals surface area contributed by atoms with E-state index in [1.807, 2.05) is 13.0 Å². The van der Waals surface area contributed by atoms with Crippen LogP contribution in [0.15, 0.2) is 16.7 Å². The van der Waals surface area contributed by atoms with Gasteiger partial charge in [0, 0.05) is 16.6 Å². The third-order valence-corrected chi connectivity index (χ3v) is 3.72. The van der Waals surface area contributed by atoms with Crippen molar-refractivity contribution in [3.05, 3.63) is 16.7 Å². The maximum Gasteiger partial charge on any atom is 0.229 e. The van der Waals surface area contributed by atoms with Gasteiger partial charge in [0.2, 0.25) is 11.9 Å². The van der Waals surface area contributed by atoms with Gasteiger partial charge in [-0.3, -0.25) is 10.1 Å². The summed E-state index contributed by atoms with van der Waals surface area (Å²) in [6.07, 6.45) is 3.99. The van der Waals surface area contributed by atoms with Crippen LogP contribution in [0.25, 0.3) is 11.2 Å². The Morgan fingerprint density at radius 3 is 3.11 bits per heavy atom. The van der Waals surface area contributed by atoms with E-state index in [1.165, 1.54) is 0 Å². The zero-order chi connectivity index (χ0) is 12.7. The van der Waals surface area contributed by atoms with Crippen molar-refractivity contribution in [1.82, 2.24) is 15.0 Å². The summed E-state index contributed by atoms with van der Waals surface area (Å²) in [5.41, 5.74) is 1.41. The highest BCUT2D eigenvalue weighted by Crippen LogP contribution is 2.36. The van der Waals surface area contributed by atoms with Crippen molar-refractivity contribution in [2.24, 2.45) is 11.8 Å². The second-order valence-electron chi connectivity index (χ2n) is 4.73. The van der Waals surface area contributed by atoms with Gasteiger partial charge in [0.25, 0.3) is 0 Å². The van der Waals surface area contributed by atoms with Crippen LogP contribution in [-0.4, -0.2) is 20.9 Å². The lowest BCUT2D eigenvalue weighted by molar-refractivity contribution is -0.120. The average Bonchev–Trinajstić information content (AvgIpc) is 3.10. The fourth-order valence-electron chi connectivity index (χ4n) is 1.97. The second kappa shape index (κ2) is 4.35. The Morgan fingerprint density at radius 2 is 2.39 bits per heavy atom. The number of amides is 1. The first kappa shape index (κ1) is 11.6. The fraction of sp³-hybridized carbons (Fsp3) is 0.417. The molecule has 1 fully saturated rings. The number of pyridine rings is 1. The fourth-order valence-corrected chi connectivity index (χ4v) is 2.31. The van der Waals surface area contributed by atoms with Crippen LogP contribution >= 0.6 is 15.9 Å². The van der Waals surface area contributed by atoms with E-state index in [9.17, 15) is 4.79 Å². The number of hydrogen-bond donors (Lipinski definition) is 2. The van der Waals surface area contributed by atoms with E-state index in [4.69, 9.17) is 0 Å². The number of H-pyrrole nitrogens is 1. The van der Waals surface area contributed by atoms with Crippen molar-refractivity contribution in [3.8, 4) is 0 Å². The Labute approximate surface area is 113 Å². The number of rotatable bonds is 3. The molecule has 0 spiro atoms. The molecule has 1 saturated carbocycles. The van der Waals surface area contributed by atoms with Gasteiger partial charge in [0.05, 0.1) is 5.52 Å². The van der Waals surface area contributed by atoms with E-state index in [0.29, 0.717) is 17.5 Å². The maximum absolute atomic E-state index is 11.9. The van der Waals surface area contributed by atoms with E-state index in [1.54, 1.807) is 6.20 Å². The zero-order valence-electron chi connectivity index (χ0n) is 9.90. The first-order valence-electron chi connectivity index (χ1n) is 5.95. The quantitative estimate of drug-likeness (QED) is 0.916. The molecule has 6 heteroatoms. The lowest BCUT2D eigenvalue weighted by Gasteiger charge is -2.08. The van der Waals surface area contributed by atoms with E-state index >= 15 is 0 Å². The molecule has 1 aliphatic carbocycles. The summed E-state index contributed by atoms with van der Waals surface area (Å²) in [5, 5.41) is 2.81. The molecule has 0 bridgehead atoms. The molecule has 1 amide bonds. The van der Waals surface area contributed by atoms with Gasteiger partial charge in [0.15, 0.2) is 5.65 Å². The van der Waals surface area contributed by atoms with Crippen LogP contribution in [-0.2, 0) is 4.79 Å². The minimum absolute atomic E-state index is 0.0237. The summed E-state index contributed by atoms with van der Waals surface area (Å²) in [4.78, 5) is 23.4. The number of nitrogens with one attached hydrogen (secondary N) is 2. The Hall–Kier alpha value is -1.43. The molecular weight excluding hydrogens is 296 g/mol. The summed E-state index contributed by atoms with van der Waals surface area (Å²) >= 11 is 3.35. The summed E-state index contributed by atoms with van der Waals surface area (Å²) < 4.78 is 0.878. The van der Waals surface area contributed by atoms with Gasteiger partial charge in [0.1, 0.15) is 0 Å². The van der Waals surface area contributed by atoms with Gasteiger partial charge in [-0.15, -0.1) is 0 Å². The summed E-state index contributed by atoms with van der Waals surface area (Å²) in [6.45, 7) is 1.96. The molecule has 0 aromatic carbocycles. The molecule has 0 radical (unpaired) electrons. The topological polar surface area (TPSA) is 70.7 Å². The van der Waals surface area contributed by atoms with Crippen LogP contribution in [0.2, 0.25) is 0 Å². The number of fused-ring (bicyclic) bond motifs is 1. The van der Waals surface area contributed by atoms with Gasteiger partial charge in [-0.2, -0.15) is 4.98 Å². The first-order valence-corrected chi connectivity index (χ1v) is 6.75. The molecule has 2 aromatic heterocycles. The van der Waals surface area contributed by atoms with Crippen LogP contribution in [0.5, 0.6) is 0 Å². The summed E-state index contributed by atoms with van der Waals surface area (Å²) in [6, 6.07) is 1.88. The molecule has 1 unspecified atom stereocenters. The van der Waals surface area contributed by atoms with E-state index < -0.39 is 0 Å². The van der Waals surface area contributed by atoms with Crippen molar-refractivity contribution in [2.75, 3.05) is 5.32 Å². The standard InChI is InChI=1S/C12H13BrN4O/c1-6(7-2-3-7)11(18)17-12-15-9-4-8(13)5-14-10(9)16-12/h4-7H,2-3H2,1H3,(H2,14,15,16,17,18). The largest absolute Gasteiger partial charge is 0.322 e. The molecule has 1 aliphatic rings. The Morgan fingerprint density at radius 1 is 1.61 bits per heavy atom. The number of halogens is 1. The summed E-state index contributed by atoms with van der Waals surface area (Å²) in [7, 11) is 0. The van der Waals surface area contributed by atoms with Crippen LogP contribution < -0.4 is 5.32 Å². The van der Waals surface area contributed by atoms with Crippen molar-refractivity contribution >= 4 is 38.9 Å². The predicted molar refractivity (Wildman–Crippen MR) is 72.1 cm³/mol.